The Hall–Kier alpha value is 4.09. The summed E-state index contributed by atoms with van der Waals surface area (Å²) in [6, 6.07) is 0. The molecule has 0 aliphatic heterocycles. The van der Waals surface area contributed by atoms with Crippen molar-refractivity contribution in [2.45, 2.75) is 0 Å². The van der Waals surface area contributed by atoms with Crippen molar-refractivity contribution in [3.63, 3.8) is 0 Å². The number of hydrogen-bond acceptors (Lipinski definition) is 1. The van der Waals surface area contributed by atoms with Crippen LogP contribution in [0.2, 0.25) is 0 Å². The molecule has 0 saturated carbocycles. The van der Waals surface area contributed by atoms with Crippen LogP contribution in [0.4, 0.5) is 0 Å². The van der Waals surface area contributed by atoms with Gasteiger partial charge in [0.05, 0.1) is 0 Å². The van der Waals surface area contributed by atoms with Gasteiger partial charge in [-0.2, -0.15) is 0 Å². The van der Waals surface area contributed by atoms with Gasteiger partial charge in [-0.1, -0.05) is 0 Å². The molecular weight excluding hydrogens is 384 g/mol. The molecule has 0 saturated heterocycles. The predicted octanol–water partition coefficient (Wildman–Crippen LogP) is -0.284. The summed E-state index contributed by atoms with van der Waals surface area (Å²) in [7, 11) is 0. The Morgan fingerprint density at radius 1 is 0.667 bits per heavy atom. The monoisotopic (exact) mass is 385 g/mol. The third-order valence-electron chi connectivity index (χ3n) is 0. The Labute approximate surface area is 138 Å². The molecular formula is CHOY4-. The fraction of sp³-hybridized carbons (Fsp3) is 0. The first-order valence-electron chi connectivity index (χ1n) is 0.236. The van der Waals surface area contributed by atoms with Crippen LogP contribution in [-0.4, -0.2) is 6.79 Å². The van der Waals surface area contributed by atoms with E-state index in [-0.39, 0.29) is 131 Å². The molecule has 0 bridgehead atoms. The normalized spacial score (nSPS) is 0.667. The van der Waals surface area contributed by atoms with Gasteiger partial charge in [-0.05, 0) is 0 Å². The molecule has 0 unspecified atom stereocenters. The molecule has 24 valence electrons. The van der Waals surface area contributed by atoms with E-state index in [1.807, 2.05) is 0 Å². The molecule has 0 heterocycles. The van der Waals surface area contributed by atoms with E-state index in [0.29, 0.717) is 0 Å². The molecule has 0 aromatic rings. The maximum Gasteiger partial charge on any atom is 0 e. The second kappa shape index (κ2) is 35.6. The van der Waals surface area contributed by atoms with Crippen LogP contribution in [0.15, 0.2) is 0 Å². The fourth-order valence-electron chi connectivity index (χ4n) is 0. The van der Waals surface area contributed by atoms with Crippen LogP contribution in [0.25, 0.3) is 0 Å². The van der Waals surface area contributed by atoms with Crippen LogP contribution in [0.3, 0.4) is 0 Å². The van der Waals surface area contributed by atoms with E-state index in [9.17, 15) is 0 Å². The molecule has 0 fully saturated rings. The minimum atomic E-state index is 0. The molecule has 0 atom stereocenters. The van der Waals surface area contributed by atoms with E-state index >= 15 is 0 Å². The number of hydrogen-bond donors (Lipinski definition) is 0. The first-order chi connectivity index (χ1) is 1.00. The van der Waals surface area contributed by atoms with Gasteiger partial charge in [0.25, 0.3) is 0 Å². The molecule has 0 amide bonds. The van der Waals surface area contributed by atoms with Crippen molar-refractivity contribution in [1.29, 1.82) is 0 Å². The smallest absolute Gasteiger partial charge is 0 e. The summed E-state index contributed by atoms with van der Waals surface area (Å²) in [5, 5.41) is 0. The Balaban J connectivity index is -0.000000000833. The standard InChI is InChI=1S/CHO.4Y/c1-2;;;;/h1H;;;;/q-1;;;;. The van der Waals surface area contributed by atoms with Gasteiger partial charge in [0.15, 0.2) is 0 Å². The van der Waals surface area contributed by atoms with Crippen molar-refractivity contribution in [3.05, 3.63) is 0 Å². The summed E-state index contributed by atoms with van der Waals surface area (Å²) in [6.07, 6.45) is 0. The minimum Gasteiger partial charge on any atom is -0.545 e. The molecule has 4 radical (unpaired) electrons. The molecule has 0 aliphatic rings. The van der Waals surface area contributed by atoms with Gasteiger partial charge in [-0.3, -0.25) is 6.79 Å². The van der Waals surface area contributed by atoms with Crippen LogP contribution in [-0.2, 0) is 136 Å². The van der Waals surface area contributed by atoms with Crippen molar-refractivity contribution in [2.75, 3.05) is 0 Å². The van der Waals surface area contributed by atoms with Gasteiger partial charge in [-0.15, -0.1) is 0 Å². The van der Waals surface area contributed by atoms with Crippen molar-refractivity contribution < 1.29 is 136 Å². The van der Waals surface area contributed by atoms with Crippen molar-refractivity contribution in [1.82, 2.24) is 0 Å². The Morgan fingerprint density at radius 2 is 0.667 bits per heavy atom. The Morgan fingerprint density at radius 3 is 0.667 bits per heavy atom. The molecule has 5 heteroatoms. The second-order valence-corrected chi connectivity index (χ2v) is 0. The van der Waals surface area contributed by atoms with E-state index in [0.717, 1.165) is 0 Å². The first-order valence-corrected chi connectivity index (χ1v) is 0.236. The van der Waals surface area contributed by atoms with Crippen LogP contribution in [0.1, 0.15) is 0 Å². The molecule has 0 spiro atoms. The summed E-state index contributed by atoms with van der Waals surface area (Å²) >= 11 is 0. The van der Waals surface area contributed by atoms with Gasteiger partial charge in [0, 0.05) is 131 Å². The molecule has 6 heavy (non-hydrogen) atoms. The zero-order chi connectivity index (χ0) is 2.00. The number of carbonyl (C=O) groups excluding carboxylic acids is 1. The van der Waals surface area contributed by atoms with E-state index < -0.39 is 0 Å². The number of rotatable bonds is 0. The summed E-state index contributed by atoms with van der Waals surface area (Å²) in [5.41, 5.74) is 0. The third kappa shape index (κ3) is 24.3. The van der Waals surface area contributed by atoms with Gasteiger partial charge in [0.1, 0.15) is 0 Å². The summed E-state index contributed by atoms with van der Waals surface area (Å²) in [5.74, 6) is 0. The average molecular weight is 385 g/mol. The second-order valence-electron chi connectivity index (χ2n) is 0. The zero-order valence-corrected chi connectivity index (χ0v) is 14.6. The predicted molar refractivity (Wildman–Crippen MR) is 6.75 cm³/mol. The maximum absolute atomic E-state index is 7.75. The molecule has 0 aromatic heterocycles. The van der Waals surface area contributed by atoms with Crippen molar-refractivity contribution >= 4 is 6.79 Å². The van der Waals surface area contributed by atoms with E-state index in [1.165, 1.54) is 0 Å². The van der Waals surface area contributed by atoms with E-state index in [2.05, 4.69) is 6.79 Å². The first kappa shape index (κ1) is 32.2. The molecule has 0 aromatic carbocycles. The molecule has 0 N–H and O–H groups in total. The summed E-state index contributed by atoms with van der Waals surface area (Å²) < 4.78 is 0. The minimum absolute atomic E-state index is 0. The Kier molecular flexibility index (Phi) is 191. The Bertz CT molecular complexity index is 7.51. The van der Waals surface area contributed by atoms with Gasteiger partial charge in [0.2, 0.25) is 0 Å². The van der Waals surface area contributed by atoms with Crippen LogP contribution in [0, 0.1) is 0 Å². The van der Waals surface area contributed by atoms with Crippen LogP contribution in [0.5, 0.6) is 0 Å². The molecule has 0 rings (SSSR count). The van der Waals surface area contributed by atoms with Crippen molar-refractivity contribution in [3.8, 4) is 0 Å². The van der Waals surface area contributed by atoms with E-state index in [4.69, 9.17) is 4.79 Å². The van der Waals surface area contributed by atoms with Crippen LogP contribution < -0.4 is 0 Å². The maximum atomic E-state index is 7.75. The quantitative estimate of drug-likeness (QED) is 0.415. The molecule has 1 nitrogen and oxygen atoms in total. The van der Waals surface area contributed by atoms with Crippen molar-refractivity contribution in [2.24, 2.45) is 0 Å². The largest absolute Gasteiger partial charge is 0.545 e. The third-order valence-corrected chi connectivity index (χ3v) is 0. The topological polar surface area (TPSA) is 17.1 Å². The zero-order valence-electron chi connectivity index (χ0n) is 3.29. The SMILES string of the molecule is [CH-]=O.[Y].[Y].[Y].[Y]. The fourth-order valence-corrected chi connectivity index (χ4v) is 0. The van der Waals surface area contributed by atoms with Crippen LogP contribution >= 0.6 is 0 Å². The summed E-state index contributed by atoms with van der Waals surface area (Å²) in [4.78, 5) is 7.75. The van der Waals surface area contributed by atoms with E-state index in [1.54, 1.807) is 0 Å². The molecule has 0 aliphatic carbocycles. The van der Waals surface area contributed by atoms with Gasteiger partial charge in [-0.25, -0.2) is 0 Å². The summed E-state index contributed by atoms with van der Waals surface area (Å²) in [6.45, 7) is 3.25. The van der Waals surface area contributed by atoms with Gasteiger partial charge >= 0.3 is 0 Å². The van der Waals surface area contributed by atoms with Gasteiger partial charge < -0.3 is 4.79 Å². The average Bonchev–Trinajstić information content (AvgIpc) is 1.00.